The molecular formula is C7H10F2O2. The van der Waals surface area contributed by atoms with E-state index in [1.807, 2.05) is 6.92 Å². The van der Waals surface area contributed by atoms with Crippen molar-refractivity contribution in [1.29, 1.82) is 0 Å². The summed E-state index contributed by atoms with van der Waals surface area (Å²) in [7, 11) is 0. The van der Waals surface area contributed by atoms with Gasteiger partial charge in [-0.1, -0.05) is 13.3 Å². The normalized spacial score (nSPS) is 9.36. The van der Waals surface area contributed by atoms with Crippen LogP contribution in [-0.4, -0.2) is 11.1 Å². The van der Waals surface area contributed by atoms with Crippen LogP contribution in [0.3, 0.4) is 0 Å². The third kappa shape index (κ3) is 3.70. The Morgan fingerprint density at radius 2 is 2.00 bits per heavy atom. The lowest BCUT2D eigenvalue weighted by molar-refractivity contribution is -0.133. The first-order chi connectivity index (χ1) is 5.09. The molecule has 0 aliphatic rings. The molecule has 0 saturated heterocycles. The third-order valence-corrected chi connectivity index (χ3v) is 1.27. The van der Waals surface area contributed by atoms with Gasteiger partial charge in [0, 0.05) is 0 Å². The highest BCUT2D eigenvalue weighted by molar-refractivity contribution is 5.86. The van der Waals surface area contributed by atoms with E-state index in [4.69, 9.17) is 5.11 Å². The second-order valence-corrected chi connectivity index (χ2v) is 2.15. The van der Waals surface area contributed by atoms with Gasteiger partial charge in [0.25, 0.3) is 6.08 Å². The van der Waals surface area contributed by atoms with Crippen LogP contribution in [-0.2, 0) is 4.79 Å². The zero-order valence-electron chi connectivity index (χ0n) is 6.23. The molecule has 11 heavy (non-hydrogen) atoms. The first-order valence-corrected chi connectivity index (χ1v) is 3.37. The number of halogens is 2. The fraction of sp³-hybridized carbons (Fsp3) is 0.571. The molecule has 64 valence electrons. The van der Waals surface area contributed by atoms with Gasteiger partial charge in [0.05, 0.1) is 0 Å². The molecule has 0 spiro atoms. The maximum Gasteiger partial charge on any atom is 0.337 e. The number of carboxylic acid groups (broad SMARTS) is 1. The van der Waals surface area contributed by atoms with E-state index in [0.29, 0.717) is 12.8 Å². The molecule has 0 fully saturated rings. The smallest absolute Gasteiger partial charge is 0.337 e. The summed E-state index contributed by atoms with van der Waals surface area (Å²) in [6.07, 6.45) is -0.928. The molecule has 0 aliphatic carbocycles. The number of hydrogen-bond donors (Lipinski definition) is 1. The summed E-state index contributed by atoms with van der Waals surface area (Å²) < 4.78 is 23.5. The fourth-order valence-electron chi connectivity index (χ4n) is 0.636. The zero-order valence-corrected chi connectivity index (χ0v) is 6.23. The number of hydrogen-bond acceptors (Lipinski definition) is 1. The van der Waals surface area contributed by atoms with E-state index >= 15 is 0 Å². The van der Waals surface area contributed by atoms with Crippen LogP contribution in [0.1, 0.15) is 26.2 Å². The molecule has 0 unspecified atom stereocenters. The Balaban J connectivity index is 4.14. The van der Waals surface area contributed by atoms with Gasteiger partial charge in [-0.25, -0.2) is 4.79 Å². The molecular weight excluding hydrogens is 154 g/mol. The van der Waals surface area contributed by atoms with Crippen molar-refractivity contribution >= 4 is 5.97 Å². The molecule has 0 bridgehead atoms. The average molecular weight is 164 g/mol. The Labute approximate surface area is 63.5 Å². The van der Waals surface area contributed by atoms with E-state index in [0.717, 1.165) is 0 Å². The topological polar surface area (TPSA) is 37.3 Å². The summed E-state index contributed by atoms with van der Waals surface area (Å²) in [6, 6.07) is 0. The number of carbonyl (C=O) groups is 1. The van der Waals surface area contributed by atoms with E-state index < -0.39 is 17.6 Å². The van der Waals surface area contributed by atoms with Crippen LogP contribution >= 0.6 is 0 Å². The van der Waals surface area contributed by atoms with E-state index in [1.165, 1.54) is 0 Å². The average Bonchev–Trinajstić information content (AvgIpc) is 1.87. The largest absolute Gasteiger partial charge is 0.478 e. The molecule has 0 atom stereocenters. The van der Waals surface area contributed by atoms with Crippen LogP contribution in [0.25, 0.3) is 0 Å². The summed E-state index contributed by atoms with van der Waals surface area (Å²) in [5.41, 5.74) is -0.758. The molecule has 0 amide bonds. The lowest BCUT2D eigenvalue weighted by Gasteiger charge is -1.97. The number of aliphatic carboxylic acids is 1. The van der Waals surface area contributed by atoms with Crippen LogP contribution in [0.15, 0.2) is 11.7 Å². The molecule has 0 aliphatic heterocycles. The summed E-state index contributed by atoms with van der Waals surface area (Å²) in [5, 5.41) is 8.23. The van der Waals surface area contributed by atoms with Crippen LogP contribution < -0.4 is 0 Å². The lowest BCUT2D eigenvalue weighted by Crippen LogP contribution is -2.01. The van der Waals surface area contributed by atoms with E-state index in [9.17, 15) is 13.6 Å². The van der Waals surface area contributed by atoms with E-state index in [-0.39, 0.29) is 6.42 Å². The van der Waals surface area contributed by atoms with Crippen molar-refractivity contribution < 1.29 is 18.7 Å². The summed E-state index contributed by atoms with van der Waals surface area (Å²) >= 11 is 0. The van der Waals surface area contributed by atoms with Gasteiger partial charge >= 0.3 is 5.97 Å². The van der Waals surface area contributed by atoms with Crippen molar-refractivity contribution in [3.63, 3.8) is 0 Å². The Hall–Kier alpha value is -0.930. The van der Waals surface area contributed by atoms with Gasteiger partial charge in [-0.2, -0.15) is 8.78 Å². The van der Waals surface area contributed by atoms with Gasteiger partial charge in [0.1, 0.15) is 5.57 Å². The maximum absolute atomic E-state index is 11.8. The van der Waals surface area contributed by atoms with Crippen molar-refractivity contribution in [3.8, 4) is 0 Å². The van der Waals surface area contributed by atoms with Gasteiger partial charge < -0.3 is 5.11 Å². The van der Waals surface area contributed by atoms with Crippen molar-refractivity contribution in [2.75, 3.05) is 0 Å². The Morgan fingerprint density at radius 3 is 2.27 bits per heavy atom. The molecule has 0 rings (SSSR count). The van der Waals surface area contributed by atoms with Gasteiger partial charge in [0.2, 0.25) is 0 Å². The van der Waals surface area contributed by atoms with E-state index in [1.54, 1.807) is 0 Å². The SMILES string of the molecule is CCCCC(C(=O)O)=C(F)F. The molecule has 2 nitrogen and oxygen atoms in total. The Morgan fingerprint density at radius 1 is 1.45 bits per heavy atom. The minimum atomic E-state index is -2.08. The first kappa shape index (κ1) is 10.1. The monoisotopic (exact) mass is 164 g/mol. The number of unbranched alkanes of at least 4 members (excludes halogenated alkanes) is 1. The molecule has 0 radical (unpaired) electrons. The van der Waals surface area contributed by atoms with Crippen LogP contribution in [0.4, 0.5) is 8.78 Å². The summed E-state index contributed by atoms with van der Waals surface area (Å²) in [5.74, 6) is -1.52. The predicted molar refractivity (Wildman–Crippen MR) is 36.4 cm³/mol. The van der Waals surface area contributed by atoms with Crippen LogP contribution in [0, 0.1) is 0 Å². The summed E-state index contributed by atoms with van der Waals surface area (Å²) in [4.78, 5) is 10.1. The quantitative estimate of drug-likeness (QED) is 0.648. The highest BCUT2D eigenvalue weighted by atomic mass is 19.3. The van der Waals surface area contributed by atoms with Crippen molar-refractivity contribution in [1.82, 2.24) is 0 Å². The number of rotatable bonds is 4. The molecule has 1 N–H and O–H groups in total. The minimum absolute atomic E-state index is 0.0475. The summed E-state index contributed by atoms with van der Waals surface area (Å²) in [6.45, 7) is 1.82. The van der Waals surface area contributed by atoms with Crippen molar-refractivity contribution in [2.45, 2.75) is 26.2 Å². The lowest BCUT2D eigenvalue weighted by atomic mass is 10.1. The Bertz CT molecular complexity index is 171. The molecule has 0 aromatic heterocycles. The molecule has 4 heteroatoms. The van der Waals surface area contributed by atoms with E-state index in [2.05, 4.69) is 0 Å². The van der Waals surface area contributed by atoms with Crippen LogP contribution in [0.5, 0.6) is 0 Å². The highest BCUT2D eigenvalue weighted by Crippen LogP contribution is 2.14. The molecule has 0 aromatic rings. The van der Waals surface area contributed by atoms with Crippen molar-refractivity contribution in [3.05, 3.63) is 11.7 Å². The first-order valence-electron chi connectivity index (χ1n) is 3.37. The van der Waals surface area contributed by atoms with Gasteiger partial charge in [-0.05, 0) is 12.8 Å². The standard InChI is InChI=1S/C7H10F2O2/c1-2-3-4-5(6(8)9)7(10)11/h2-4H2,1H3,(H,10,11). The minimum Gasteiger partial charge on any atom is -0.478 e. The van der Waals surface area contributed by atoms with Crippen molar-refractivity contribution in [2.24, 2.45) is 0 Å². The zero-order chi connectivity index (χ0) is 8.85. The maximum atomic E-state index is 11.8. The molecule has 0 saturated carbocycles. The third-order valence-electron chi connectivity index (χ3n) is 1.27. The number of carboxylic acids is 1. The molecule has 0 heterocycles. The van der Waals surface area contributed by atoms with Gasteiger partial charge in [-0.3, -0.25) is 0 Å². The highest BCUT2D eigenvalue weighted by Gasteiger charge is 2.13. The van der Waals surface area contributed by atoms with Gasteiger partial charge in [0.15, 0.2) is 0 Å². The molecule has 0 aromatic carbocycles. The van der Waals surface area contributed by atoms with Gasteiger partial charge in [-0.15, -0.1) is 0 Å². The van der Waals surface area contributed by atoms with Crippen LogP contribution in [0.2, 0.25) is 0 Å². The Kier molecular flexibility index (Phi) is 4.41. The predicted octanol–water partition coefficient (Wildman–Crippen LogP) is 2.41. The fourth-order valence-corrected chi connectivity index (χ4v) is 0.636. The second kappa shape index (κ2) is 4.82. The second-order valence-electron chi connectivity index (χ2n) is 2.15.